The zero-order valence-corrected chi connectivity index (χ0v) is 43.7. The minimum absolute atomic E-state index is 0.0816. The van der Waals surface area contributed by atoms with Crippen molar-refractivity contribution in [3.63, 3.8) is 0 Å². The van der Waals surface area contributed by atoms with Gasteiger partial charge in [-0.25, -0.2) is 19.2 Å². The van der Waals surface area contributed by atoms with Crippen molar-refractivity contribution in [2.24, 2.45) is 0 Å². The van der Waals surface area contributed by atoms with Crippen LogP contribution in [0.3, 0.4) is 0 Å². The number of amides is 4. The van der Waals surface area contributed by atoms with Gasteiger partial charge >= 0.3 is 24.1 Å². The van der Waals surface area contributed by atoms with Gasteiger partial charge < -0.3 is 40.2 Å². The van der Waals surface area contributed by atoms with Crippen molar-refractivity contribution in [1.29, 1.82) is 15.8 Å². The van der Waals surface area contributed by atoms with E-state index in [9.17, 15) is 38.4 Å². The Bertz CT molecular complexity index is 2720. The van der Waals surface area contributed by atoms with Gasteiger partial charge in [0.05, 0.1) is 22.8 Å². The summed E-state index contributed by atoms with van der Waals surface area (Å²) in [5.74, 6) is -2.57. The number of rotatable bonds is 19. The van der Waals surface area contributed by atoms with Crippen LogP contribution in [-0.2, 0) is 63.8 Å². The fraction of sp³-hybridized carbons (Fsp3) is 0.404. The lowest BCUT2D eigenvalue weighted by Crippen LogP contribution is -2.47. The zero-order valence-electron chi connectivity index (χ0n) is 42.1. The maximum Gasteiger partial charge on any atom is 0.408 e. The summed E-state index contributed by atoms with van der Waals surface area (Å²) >= 11 is 2.11. The molecule has 0 aliphatic heterocycles. The third-order valence-corrected chi connectivity index (χ3v) is 11.1. The van der Waals surface area contributed by atoms with Crippen LogP contribution in [0.2, 0.25) is 0 Å². The summed E-state index contributed by atoms with van der Waals surface area (Å²) in [5.41, 5.74) is 0.653. The zero-order chi connectivity index (χ0) is 54.5. The molecule has 4 amide bonds. The Labute approximate surface area is 432 Å². The number of esters is 2. The van der Waals surface area contributed by atoms with E-state index in [1.165, 1.54) is 6.07 Å². The van der Waals surface area contributed by atoms with E-state index in [2.05, 4.69) is 21.3 Å². The van der Waals surface area contributed by atoms with Crippen LogP contribution in [0.15, 0.2) is 72.8 Å². The van der Waals surface area contributed by atoms with Crippen molar-refractivity contribution >= 4 is 70.2 Å². The highest BCUT2D eigenvalue weighted by atomic mass is 32.1. The van der Waals surface area contributed by atoms with Gasteiger partial charge in [-0.2, -0.15) is 15.8 Å². The highest BCUT2D eigenvalue weighted by Gasteiger charge is 2.30. The number of carbonyl (C=O) groups is 8. The van der Waals surface area contributed by atoms with E-state index in [0.717, 1.165) is 33.8 Å². The number of thiophene rings is 2. The van der Waals surface area contributed by atoms with E-state index in [4.69, 9.17) is 34.7 Å². The van der Waals surface area contributed by atoms with E-state index < -0.39 is 71.4 Å². The molecule has 4 aromatic rings. The number of nitrogens with zero attached hydrogens (tertiary/aromatic N) is 3. The molecular formula is C52H59N7O12S2. The molecule has 386 valence electrons. The maximum atomic E-state index is 12.7. The molecule has 0 spiro atoms. The quantitative estimate of drug-likeness (QED) is 0.0568. The number of carbonyl (C=O) groups excluding carboxylic acids is 8. The highest BCUT2D eigenvalue weighted by Crippen LogP contribution is 2.18. The minimum atomic E-state index is -1.07. The smallest absolute Gasteiger partial charge is 0.408 e. The molecule has 0 bridgehead atoms. The second-order valence-electron chi connectivity index (χ2n) is 19.1. The summed E-state index contributed by atoms with van der Waals surface area (Å²) in [5, 5.41) is 36.5. The second-order valence-corrected chi connectivity index (χ2v) is 21.3. The molecule has 0 fully saturated rings. The molecule has 4 rings (SSSR count). The average molecular weight is 1040 g/mol. The van der Waals surface area contributed by atoms with Crippen LogP contribution in [0.25, 0.3) is 0 Å². The number of benzene rings is 2. The van der Waals surface area contributed by atoms with Gasteiger partial charge in [0.2, 0.25) is 0 Å². The second kappa shape index (κ2) is 27.6. The third kappa shape index (κ3) is 23.2. The maximum absolute atomic E-state index is 12.7. The van der Waals surface area contributed by atoms with Crippen molar-refractivity contribution in [3.8, 4) is 18.2 Å². The lowest BCUT2D eigenvalue weighted by atomic mass is 10.0. The highest BCUT2D eigenvalue weighted by molar-refractivity contribution is 7.14. The number of nitrogens with one attached hydrogen (secondary N) is 4. The van der Waals surface area contributed by atoms with E-state index in [1.54, 1.807) is 135 Å². The fourth-order valence-electron chi connectivity index (χ4n) is 6.07. The molecule has 19 nitrogen and oxygen atoms in total. The fourth-order valence-corrected chi connectivity index (χ4v) is 7.51. The number of hydrogen-bond donors (Lipinski definition) is 4. The molecule has 0 radical (unpaired) electrons. The number of alkyl carbamates (subject to hydrolysis) is 2. The van der Waals surface area contributed by atoms with Gasteiger partial charge in [-0.05, 0) is 109 Å². The number of hydrogen-bond acceptors (Lipinski definition) is 17. The number of Topliss-reactive ketones (excluding diaryl/α,β-unsaturated/α-hetero) is 2. The predicted molar refractivity (Wildman–Crippen MR) is 269 cm³/mol. The van der Waals surface area contributed by atoms with Crippen LogP contribution in [0.1, 0.15) is 114 Å². The Morgan fingerprint density at radius 1 is 0.507 bits per heavy atom. The van der Waals surface area contributed by atoms with Gasteiger partial charge in [0, 0.05) is 25.7 Å². The van der Waals surface area contributed by atoms with Crippen LogP contribution < -0.4 is 21.3 Å². The van der Waals surface area contributed by atoms with Crippen LogP contribution in [0.4, 0.5) is 9.59 Å². The first-order valence-electron chi connectivity index (χ1n) is 22.7. The van der Waals surface area contributed by atoms with Crippen molar-refractivity contribution in [2.45, 2.75) is 117 Å². The molecule has 73 heavy (non-hydrogen) atoms. The van der Waals surface area contributed by atoms with E-state index in [-0.39, 0.29) is 50.3 Å². The normalized spacial score (nSPS) is 11.8. The molecule has 2 aromatic carbocycles. The standard InChI is InChI=1S/C27H33N3O6S.C25H26N4O6S/c1-26(2,3)35-24(33)21(30-25(34)36-27(4,5)6)14-18-9-7-17(8-10-18)13-19(31)16-29-23(32)22-12-11-20(15-28)37-22;1-25(2,3)35-24(33)29-20(23(32)34-11-10-26)13-17-6-4-16(5-7-17)12-18(30)15-28-22(31)21-9-8-19(14-27)36-21/h7-12,21H,13-14,16H2,1-6H3,(H,29,32)(H,30,34);4-9,20H,11-13,15H2,1-3H3,(H,28,31)(H,29,33)/t21-;20-/m00/s1. The van der Waals surface area contributed by atoms with Crippen molar-refractivity contribution < 1.29 is 57.3 Å². The Morgan fingerprint density at radius 2 is 0.863 bits per heavy atom. The first kappa shape index (κ1) is 59.4. The molecule has 0 aliphatic carbocycles. The molecule has 0 saturated carbocycles. The monoisotopic (exact) mass is 1040 g/mol. The Hall–Kier alpha value is -7.93. The first-order valence-corrected chi connectivity index (χ1v) is 24.3. The molecule has 2 heterocycles. The predicted octanol–water partition coefficient (Wildman–Crippen LogP) is 6.60. The molecule has 0 aliphatic rings. The Balaban J connectivity index is 0.000000385. The van der Waals surface area contributed by atoms with Crippen molar-refractivity contribution in [3.05, 3.63) is 115 Å². The molecule has 0 saturated heterocycles. The van der Waals surface area contributed by atoms with Gasteiger partial charge in [0.1, 0.15) is 56.8 Å². The van der Waals surface area contributed by atoms with Crippen LogP contribution in [0.5, 0.6) is 0 Å². The lowest BCUT2D eigenvalue weighted by Gasteiger charge is -2.26. The van der Waals surface area contributed by atoms with Crippen molar-refractivity contribution in [1.82, 2.24) is 21.3 Å². The SMILES string of the molecule is CC(C)(C)OC(=O)N[C@@H](Cc1ccc(CC(=O)CNC(=O)c2ccc(C#N)s2)cc1)C(=O)OC(C)(C)C.CC(C)(C)OC(=O)N[C@@H](Cc1ccc(CC(=O)CNC(=O)c2ccc(C#N)s2)cc1)C(=O)OCC#N. The van der Waals surface area contributed by atoms with Crippen LogP contribution in [-0.4, -0.2) is 96.1 Å². The largest absolute Gasteiger partial charge is 0.458 e. The third-order valence-electron chi connectivity index (χ3n) is 9.14. The molecule has 0 unspecified atom stereocenters. The number of nitriles is 3. The van der Waals surface area contributed by atoms with Crippen molar-refractivity contribution in [2.75, 3.05) is 19.7 Å². The summed E-state index contributed by atoms with van der Waals surface area (Å²) in [4.78, 5) is 99.9. The molecule has 4 N–H and O–H groups in total. The molecule has 2 aromatic heterocycles. The summed E-state index contributed by atoms with van der Waals surface area (Å²) in [6.45, 7) is 14.7. The summed E-state index contributed by atoms with van der Waals surface area (Å²) in [6, 6.07) is 23.6. The number of ether oxygens (including phenoxy) is 4. The van der Waals surface area contributed by atoms with Gasteiger partial charge in [-0.1, -0.05) is 48.5 Å². The average Bonchev–Trinajstić information content (AvgIpc) is 3.99. The van der Waals surface area contributed by atoms with E-state index in [1.807, 2.05) is 12.1 Å². The van der Waals surface area contributed by atoms with E-state index >= 15 is 0 Å². The van der Waals surface area contributed by atoms with Gasteiger partial charge in [-0.3, -0.25) is 19.2 Å². The summed E-state index contributed by atoms with van der Waals surface area (Å²) in [6.07, 6.45) is -1.07. The topological polar surface area (TPSA) is 293 Å². The molecule has 2 atom stereocenters. The van der Waals surface area contributed by atoms with Crippen LogP contribution in [0, 0.1) is 34.0 Å². The molecular weight excluding hydrogens is 979 g/mol. The van der Waals surface area contributed by atoms with Gasteiger partial charge in [0.25, 0.3) is 11.8 Å². The van der Waals surface area contributed by atoms with Gasteiger partial charge in [0.15, 0.2) is 18.2 Å². The Kier molecular flexibility index (Phi) is 22.5. The summed E-state index contributed by atoms with van der Waals surface area (Å²) < 4.78 is 20.8. The minimum Gasteiger partial charge on any atom is -0.458 e. The Morgan fingerprint density at radius 3 is 1.19 bits per heavy atom. The van der Waals surface area contributed by atoms with Gasteiger partial charge in [-0.15, -0.1) is 22.7 Å². The van der Waals surface area contributed by atoms with Crippen LogP contribution >= 0.6 is 22.7 Å². The number of ketones is 2. The summed E-state index contributed by atoms with van der Waals surface area (Å²) in [7, 11) is 0. The lowest BCUT2D eigenvalue weighted by molar-refractivity contribution is -0.157. The van der Waals surface area contributed by atoms with E-state index in [0.29, 0.717) is 30.6 Å². The molecule has 21 heteroatoms. The first-order chi connectivity index (χ1) is 34.1.